The first-order valence-electron chi connectivity index (χ1n) is 9.93. The number of halogens is 3. The molecule has 0 heterocycles. The number of benzene rings is 4. The molecule has 4 aromatic carbocycles. The van der Waals surface area contributed by atoms with Crippen LogP contribution in [0.15, 0.2) is 108 Å². The lowest BCUT2D eigenvalue weighted by Gasteiger charge is -2.35. The topological polar surface area (TPSA) is 50.4 Å². The highest BCUT2D eigenvalue weighted by atomic mass is 19.1. The van der Waals surface area contributed by atoms with Crippen LogP contribution in [0.4, 0.5) is 18.9 Å². The second kappa shape index (κ2) is 8.98. The van der Waals surface area contributed by atoms with Gasteiger partial charge in [0, 0.05) is 0 Å². The van der Waals surface area contributed by atoms with E-state index in [2.05, 4.69) is 10.5 Å². The van der Waals surface area contributed by atoms with Crippen molar-refractivity contribution in [2.24, 2.45) is 10.8 Å². The molecule has 0 aliphatic carbocycles. The van der Waals surface area contributed by atoms with Crippen LogP contribution in [0.1, 0.15) is 16.7 Å². The van der Waals surface area contributed by atoms with Crippen LogP contribution < -0.4 is 11.2 Å². The molecule has 4 aromatic rings. The molecule has 32 heavy (non-hydrogen) atoms. The highest BCUT2D eigenvalue weighted by molar-refractivity contribution is 5.99. The van der Waals surface area contributed by atoms with Gasteiger partial charge in [0.05, 0.1) is 5.69 Å². The van der Waals surface area contributed by atoms with E-state index < -0.39 is 17.0 Å². The molecule has 0 aliphatic heterocycles. The lowest BCUT2D eigenvalue weighted by Crippen LogP contribution is -2.44. The molecule has 6 heteroatoms. The molecule has 0 spiro atoms. The van der Waals surface area contributed by atoms with E-state index in [-0.39, 0.29) is 11.7 Å². The predicted molar refractivity (Wildman–Crippen MR) is 121 cm³/mol. The summed E-state index contributed by atoms with van der Waals surface area (Å²) in [7, 11) is 0. The second-order valence-corrected chi connectivity index (χ2v) is 7.25. The molecule has 4 rings (SSSR count). The SMILES string of the molecule is NC(=NNc1ccc(F)cc1)C(c1ccccc1)(c1ccc(F)cc1)c1ccc(F)cc1. The van der Waals surface area contributed by atoms with E-state index in [0.717, 1.165) is 5.56 Å². The first-order valence-corrected chi connectivity index (χ1v) is 9.93. The highest BCUT2D eigenvalue weighted by Gasteiger charge is 2.41. The standard InChI is InChI=1S/C26H20F3N3/c27-21-10-6-19(7-11-21)26(18-4-2-1-3-5-18,20-8-12-22(28)13-9-20)25(30)32-31-24-16-14-23(29)15-17-24/h1-17,31H,(H2,30,32). The van der Waals surface area contributed by atoms with Crippen LogP contribution in [0.5, 0.6) is 0 Å². The van der Waals surface area contributed by atoms with E-state index >= 15 is 0 Å². The average molecular weight is 431 g/mol. The third-order valence-corrected chi connectivity index (χ3v) is 5.30. The van der Waals surface area contributed by atoms with Gasteiger partial charge in [-0.05, 0) is 65.2 Å². The van der Waals surface area contributed by atoms with Gasteiger partial charge in [-0.15, -0.1) is 0 Å². The minimum absolute atomic E-state index is 0.145. The Morgan fingerprint density at radius 2 is 1.00 bits per heavy atom. The van der Waals surface area contributed by atoms with Gasteiger partial charge >= 0.3 is 0 Å². The molecule has 0 bridgehead atoms. The number of hydrogen-bond acceptors (Lipinski definition) is 2. The molecule has 0 radical (unpaired) electrons. The van der Waals surface area contributed by atoms with Crippen LogP contribution in [0.3, 0.4) is 0 Å². The number of hydrogen-bond donors (Lipinski definition) is 2. The lowest BCUT2D eigenvalue weighted by atomic mass is 9.68. The van der Waals surface area contributed by atoms with Crippen LogP contribution >= 0.6 is 0 Å². The third kappa shape index (κ3) is 4.07. The van der Waals surface area contributed by atoms with Crippen molar-refractivity contribution < 1.29 is 13.2 Å². The zero-order valence-corrected chi connectivity index (χ0v) is 17.0. The maximum atomic E-state index is 13.8. The van der Waals surface area contributed by atoms with Crippen molar-refractivity contribution in [2.45, 2.75) is 5.41 Å². The van der Waals surface area contributed by atoms with Gasteiger partial charge in [0.1, 0.15) is 28.7 Å². The zero-order valence-electron chi connectivity index (χ0n) is 17.0. The molecule has 3 N–H and O–H groups in total. The van der Waals surface area contributed by atoms with Crippen LogP contribution in [0.2, 0.25) is 0 Å². The fourth-order valence-corrected chi connectivity index (χ4v) is 3.76. The zero-order chi connectivity index (χ0) is 22.6. The molecular formula is C26H20F3N3. The second-order valence-electron chi connectivity index (χ2n) is 7.25. The van der Waals surface area contributed by atoms with Crippen molar-refractivity contribution in [1.82, 2.24) is 0 Å². The van der Waals surface area contributed by atoms with Crippen LogP contribution in [0, 0.1) is 17.5 Å². The molecule has 0 amide bonds. The van der Waals surface area contributed by atoms with E-state index in [9.17, 15) is 13.2 Å². The first-order chi connectivity index (χ1) is 15.5. The Hall–Kier alpha value is -4.06. The number of nitrogens with zero attached hydrogens (tertiary/aromatic N) is 1. The number of rotatable bonds is 6. The maximum absolute atomic E-state index is 13.8. The van der Waals surface area contributed by atoms with Crippen molar-refractivity contribution >= 4 is 11.5 Å². The molecular weight excluding hydrogens is 411 g/mol. The quantitative estimate of drug-likeness (QED) is 0.175. The third-order valence-electron chi connectivity index (χ3n) is 5.30. The largest absolute Gasteiger partial charge is 0.384 e. The van der Waals surface area contributed by atoms with E-state index in [4.69, 9.17) is 5.73 Å². The number of nitrogens with one attached hydrogen (secondary N) is 1. The van der Waals surface area contributed by atoms with Gasteiger partial charge in [-0.25, -0.2) is 13.2 Å². The Morgan fingerprint density at radius 1 is 0.594 bits per heavy atom. The Labute approximate surface area is 184 Å². The summed E-state index contributed by atoms with van der Waals surface area (Å²) < 4.78 is 40.8. The Morgan fingerprint density at radius 3 is 1.47 bits per heavy atom. The van der Waals surface area contributed by atoms with Crippen LogP contribution in [-0.4, -0.2) is 5.84 Å². The molecule has 0 fully saturated rings. The van der Waals surface area contributed by atoms with Gasteiger partial charge in [-0.2, -0.15) is 5.10 Å². The number of nitrogens with two attached hydrogens (primary N) is 1. The Balaban J connectivity index is 1.94. The molecule has 0 unspecified atom stereocenters. The Kier molecular flexibility index (Phi) is 5.94. The summed E-state index contributed by atoms with van der Waals surface area (Å²) in [6.07, 6.45) is 0. The fraction of sp³-hybridized carbons (Fsp3) is 0.0385. The molecule has 0 saturated carbocycles. The maximum Gasteiger partial charge on any atom is 0.139 e. The normalized spacial score (nSPS) is 11.9. The van der Waals surface area contributed by atoms with Crippen molar-refractivity contribution in [3.05, 3.63) is 137 Å². The molecule has 3 nitrogen and oxygen atoms in total. The first kappa shape index (κ1) is 21.2. The summed E-state index contributed by atoms with van der Waals surface area (Å²) in [6.45, 7) is 0. The smallest absolute Gasteiger partial charge is 0.139 e. The van der Waals surface area contributed by atoms with Crippen molar-refractivity contribution in [3.63, 3.8) is 0 Å². The van der Waals surface area contributed by atoms with Gasteiger partial charge < -0.3 is 5.73 Å². The van der Waals surface area contributed by atoms with Gasteiger partial charge in [-0.1, -0.05) is 54.6 Å². The monoisotopic (exact) mass is 431 g/mol. The molecule has 160 valence electrons. The summed E-state index contributed by atoms with van der Waals surface area (Å²) in [6, 6.07) is 26.9. The molecule has 0 atom stereocenters. The van der Waals surface area contributed by atoms with E-state index in [0.29, 0.717) is 16.8 Å². The summed E-state index contributed by atoms with van der Waals surface area (Å²) in [5.74, 6) is -1.01. The van der Waals surface area contributed by atoms with Crippen LogP contribution in [-0.2, 0) is 5.41 Å². The van der Waals surface area contributed by atoms with Crippen molar-refractivity contribution in [3.8, 4) is 0 Å². The summed E-state index contributed by atoms with van der Waals surface area (Å²) >= 11 is 0. The summed E-state index contributed by atoms with van der Waals surface area (Å²) in [5, 5.41) is 4.41. The predicted octanol–water partition coefficient (Wildman–Crippen LogP) is 5.82. The van der Waals surface area contributed by atoms with Gasteiger partial charge in [-0.3, -0.25) is 5.43 Å². The molecule has 0 saturated heterocycles. The molecule has 0 aliphatic rings. The summed E-state index contributed by atoms with van der Waals surface area (Å²) in [5.41, 5.74) is 10.9. The van der Waals surface area contributed by atoms with E-state index in [1.165, 1.54) is 48.5 Å². The number of hydrazone groups is 1. The van der Waals surface area contributed by atoms with E-state index in [1.807, 2.05) is 30.3 Å². The Bertz CT molecular complexity index is 1160. The van der Waals surface area contributed by atoms with Crippen molar-refractivity contribution in [2.75, 3.05) is 5.43 Å². The van der Waals surface area contributed by atoms with Gasteiger partial charge in [0.25, 0.3) is 0 Å². The number of anilines is 1. The molecule has 0 aromatic heterocycles. The van der Waals surface area contributed by atoms with Gasteiger partial charge in [0.15, 0.2) is 0 Å². The fourth-order valence-electron chi connectivity index (χ4n) is 3.76. The minimum atomic E-state index is -1.14. The summed E-state index contributed by atoms with van der Waals surface area (Å²) in [4.78, 5) is 0. The average Bonchev–Trinajstić information content (AvgIpc) is 2.82. The van der Waals surface area contributed by atoms with Gasteiger partial charge in [0.2, 0.25) is 0 Å². The van der Waals surface area contributed by atoms with E-state index in [1.54, 1.807) is 24.3 Å². The minimum Gasteiger partial charge on any atom is -0.384 e. The number of amidine groups is 1. The van der Waals surface area contributed by atoms with Crippen molar-refractivity contribution in [1.29, 1.82) is 0 Å². The highest BCUT2D eigenvalue weighted by Crippen LogP contribution is 2.40. The van der Waals surface area contributed by atoms with Crippen LogP contribution in [0.25, 0.3) is 0 Å². The lowest BCUT2D eigenvalue weighted by molar-refractivity contribution is 0.624.